The SMILES string of the molecule is Cc1cc(C)nc(Nc2nc(Nc3ccn4ccnc4c3)cc(N3CCC(N4CCOCC4)CC3)n2)c1. The first-order valence-electron chi connectivity index (χ1n) is 13.0. The number of anilines is 5. The fourth-order valence-corrected chi connectivity index (χ4v) is 5.27. The molecule has 37 heavy (non-hydrogen) atoms. The number of hydrogen-bond donors (Lipinski definition) is 2. The molecule has 0 unspecified atom stereocenters. The van der Waals surface area contributed by atoms with Crippen LogP contribution in [0, 0.1) is 13.8 Å². The van der Waals surface area contributed by atoms with Gasteiger partial charge in [0.25, 0.3) is 0 Å². The van der Waals surface area contributed by atoms with Gasteiger partial charge in [0.1, 0.15) is 23.1 Å². The van der Waals surface area contributed by atoms with Crippen LogP contribution in [0.1, 0.15) is 24.1 Å². The van der Waals surface area contributed by atoms with Crippen molar-refractivity contribution in [1.29, 1.82) is 0 Å². The molecule has 0 aromatic carbocycles. The minimum Gasteiger partial charge on any atom is -0.379 e. The molecule has 10 heteroatoms. The van der Waals surface area contributed by atoms with Gasteiger partial charge in [0.15, 0.2) is 0 Å². The second-order valence-electron chi connectivity index (χ2n) is 9.83. The van der Waals surface area contributed by atoms with E-state index in [2.05, 4.69) is 43.4 Å². The van der Waals surface area contributed by atoms with Crippen LogP contribution in [0.15, 0.2) is 48.9 Å². The number of piperidine rings is 1. The lowest BCUT2D eigenvalue weighted by molar-refractivity contribution is 0.0115. The second-order valence-corrected chi connectivity index (χ2v) is 9.83. The highest BCUT2D eigenvalue weighted by atomic mass is 16.5. The van der Waals surface area contributed by atoms with E-state index in [-0.39, 0.29) is 0 Å². The number of nitrogens with zero attached hydrogens (tertiary/aromatic N) is 7. The molecule has 6 heterocycles. The first-order chi connectivity index (χ1) is 18.1. The zero-order valence-electron chi connectivity index (χ0n) is 21.4. The van der Waals surface area contributed by atoms with E-state index >= 15 is 0 Å². The highest BCUT2D eigenvalue weighted by Crippen LogP contribution is 2.27. The van der Waals surface area contributed by atoms with Crippen LogP contribution in [-0.2, 0) is 4.74 Å². The van der Waals surface area contributed by atoms with Crippen LogP contribution in [-0.4, -0.2) is 74.7 Å². The quantitative estimate of drug-likeness (QED) is 0.409. The van der Waals surface area contributed by atoms with E-state index in [4.69, 9.17) is 14.7 Å². The molecular weight excluding hydrogens is 466 g/mol. The predicted molar refractivity (Wildman–Crippen MR) is 145 cm³/mol. The Balaban J connectivity index is 1.26. The number of nitrogens with one attached hydrogen (secondary N) is 2. The number of fused-ring (bicyclic) bond motifs is 1. The van der Waals surface area contributed by atoms with Crippen molar-refractivity contribution in [3.05, 3.63) is 60.2 Å². The van der Waals surface area contributed by atoms with E-state index in [0.717, 1.165) is 92.3 Å². The number of rotatable bonds is 6. The van der Waals surface area contributed by atoms with Crippen LogP contribution < -0.4 is 15.5 Å². The Morgan fingerprint density at radius 1 is 0.865 bits per heavy atom. The van der Waals surface area contributed by atoms with Crippen LogP contribution in [0.5, 0.6) is 0 Å². The molecule has 2 saturated heterocycles. The van der Waals surface area contributed by atoms with E-state index < -0.39 is 0 Å². The maximum Gasteiger partial charge on any atom is 0.232 e. The molecule has 0 spiro atoms. The van der Waals surface area contributed by atoms with Crippen LogP contribution >= 0.6 is 0 Å². The van der Waals surface area contributed by atoms with Crippen molar-refractivity contribution in [2.24, 2.45) is 0 Å². The lowest BCUT2D eigenvalue weighted by Gasteiger charge is -2.40. The number of aryl methyl sites for hydroxylation is 2. The summed E-state index contributed by atoms with van der Waals surface area (Å²) in [5, 5.41) is 6.80. The van der Waals surface area contributed by atoms with Gasteiger partial charge in [-0.05, 0) is 50.5 Å². The highest BCUT2D eigenvalue weighted by molar-refractivity contribution is 5.66. The van der Waals surface area contributed by atoms with E-state index in [1.165, 1.54) is 0 Å². The maximum atomic E-state index is 5.55. The highest BCUT2D eigenvalue weighted by Gasteiger charge is 2.27. The molecule has 0 bridgehead atoms. The van der Waals surface area contributed by atoms with E-state index in [1.807, 2.05) is 48.0 Å². The number of aromatic nitrogens is 5. The molecule has 2 N–H and O–H groups in total. The summed E-state index contributed by atoms with van der Waals surface area (Å²) in [6.07, 6.45) is 7.94. The molecule has 4 aromatic rings. The van der Waals surface area contributed by atoms with E-state index in [0.29, 0.717) is 12.0 Å². The summed E-state index contributed by atoms with van der Waals surface area (Å²) in [6.45, 7) is 9.72. The number of hydrogen-bond acceptors (Lipinski definition) is 9. The standard InChI is InChI=1S/C27H33N9O/c1-19-15-20(2)29-23(16-19)31-27-32-24(30-21-3-7-36-10-6-28-25(36)17-21)18-26(33-27)35-8-4-22(5-9-35)34-11-13-37-14-12-34/h3,6-7,10,15-18,22H,4-5,8-9,11-14H2,1-2H3,(H2,29,30,31,32,33). The van der Waals surface area contributed by atoms with Crippen LogP contribution in [0.25, 0.3) is 5.65 Å². The van der Waals surface area contributed by atoms with Crippen molar-refractivity contribution >= 4 is 34.7 Å². The molecule has 192 valence electrons. The summed E-state index contributed by atoms with van der Waals surface area (Å²) in [5.41, 5.74) is 3.89. The predicted octanol–water partition coefficient (Wildman–Crippen LogP) is 3.92. The smallest absolute Gasteiger partial charge is 0.232 e. The zero-order chi connectivity index (χ0) is 25.2. The minimum absolute atomic E-state index is 0.523. The first-order valence-corrected chi connectivity index (χ1v) is 13.0. The third-order valence-electron chi connectivity index (χ3n) is 7.07. The topological polar surface area (TPSA) is 95.7 Å². The fourth-order valence-electron chi connectivity index (χ4n) is 5.27. The number of imidazole rings is 1. The van der Waals surface area contributed by atoms with Gasteiger partial charge >= 0.3 is 0 Å². The number of morpholine rings is 1. The normalized spacial score (nSPS) is 17.3. The van der Waals surface area contributed by atoms with Gasteiger partial charge in [-0.15, -0.1) is 0 Å². The summed E-state index contributed by atoms with van der Waals surface area (Å²) in [6, 6.07) is 10.7. The zero-order valence-corrected chi connectivity index (χ0v) is 21.4. The van der Waals surface area contributed by atoms with Crippen LogP contribution in [0.4, 0.5) is 29.1 Å². The van der Waals surface area contributed by atoms with Gasteiger partial charge in [-0.25, -0.2) is 9.97 Å². The lowest BCUT2D eigenvalue weighted by atomic mass is 10.0. The maximum absolute atomic E-state index is 5.55. The largest absolute Gasteiger partial charge is 0.379 e. The Labute approximate surface area is 216 Å². The van der Waals surface area contributed by atoms with Gasteiger partial charge in [-0.3, -0.25) is 4.90 Å². The Morgan fingerprint density at radius 2 is 1.68 bits per heavy atom. The average molecular weight is 500 g/mol. The van der Waals surface area contributed by atoms with Gasteiger partial charge < -0.3 is 24.7 Å². The second kappa shape index (κ2) is 10.3. The van der Waals surface area contributed by atoms with Crippen LogP contribution in [0.3, 0.4) is 0 Å². The molecule has 0 atom stereocenters. The van der Waals surface area contributed by atoms with Gasteiger partial charge in [0.05, 0.1) is 13.2 Å². The third kappa shape index (κ3) is 5.50. The average Bonchev–Trinajstić information content (AvgIpc) is 3.37. The number of ether oxygens (including phenoxy) is 1. The first kappa shape index (κ1) is 23.6. The molecule has 0 radical (unpaired) electrons. The molecule has 4 aromatic heterocycles. The van der Waals surface area contributed by atoms with Crippen molar-refractivity contribution in [3.8, 4) is 0 Å². The van der Waals surface area contributed by atoms with Crippen molar-refractivity contribution in [2.45, 2.75) is 32.7 Å². The molecule has 0 aliphatic carbocycles. The Morgan fingerprint density at radius 3 is 2.49 bits per heavy atom. The third-order valence-corrected chi connectivity index (χ3v) is 7.07. The van der Waals surface area contributed by atoms with E-state index in [1.54, 1.807) is 6.20 Å². The van der Waals surface area contributed by atoms with Gasteiger partial charge in [0.2, 0.25) is 5.95 Å². The molecule has 2 aliphatic heterocycles. The summed E-state index contributed by atoms with van der Waals surface area (Å²) in [4.78, 5) is 23.7. The minimum atomic E-state index is 0.523. The van der Waals surface area contributed by atoms with Crippen molar-refractivity contribution in [3.63, 3.8) is 0 Å². The van der Waals surface area contributed by atoms with Crippen molar-refractivity contribution in [2.75, 3.05) is 54.9 Å². The Kier molecular flexibility index (Phi) is 6.58. The molecular formula is C27H33N9O. The Hall–Kier alpha value is -3.76. The van der Waals surface area contributed by atoms with Crippen LogP contribution in [0.2, 0.25) is 0 Å². The molecule has 6 rings (SSSR count). The molecule has 2 fully saturated rings. The van der Waals surface area contributed by atoms with E-state index in [9.17, 15) is 0 Å². The molecule has 10 nitrogen and oxygen atoms in total. The summed E-state index contributed by atoms with van der Waals surface area (Å²) in [5.74, 6) is 2.90. The summed E-state index contributed by atoms with van der Waals surface area (Å²) < 4.78 is 7.53. The number of pyridine rings is 2. The van der Waals surface area contributed by atoms with Gasteiger partial charge in [0, 0.05) is 74.3 Å². The monoisotopic (exact) mass is 499 g/mol. The molecule has 0 saturated carbocycles. The molecule has 0 amide bonds. The van der Waals surface area contributed by atoms with Crippen molar-refractivity contribution in [1.82, 2.24) is 29.2 Å². The Bertz CT molecular complexity index is 1350. The summed E-state index contributed by atoms with van der Waals surface area (Å²) in [7, 11) is 0. The summed E-state index contributed by atoms with van der Waals surface area (Å²) >= 11 is 0. The lowest BCUT2D eigenvalue weighted by Crippen LogP contribution is -2.49. The van der Waals surface area contributed by atoms with Crippen molar-refractivity contribution < 1.29 is 4.74 Å². The van der Waals surface area contributed by atoms with Gasteiger partial charge in [-0.2, -0.15) is 9.97 Å². The van der Waals surface area contributed by atoms with Gasteiger partial charge in [-0.1, -0.05) is 0 Å². The molecule has 2 aliphatic rings. The fraction of sp³-hybridized carbons (Fsp3) is 0.407.